The van der Waals surface area contributed by atoms with Gasteiger partial charge in [-0.05, 0) is 19.4 Å². The standard InChI is InChI=1S/C14H25NOSi/c1-14(2,16)11-15-10-12-6-8-13(9-7-12)17(3,4)5/h6-9,15-16H,10-11H2,1-5H3. The van der Waals surface area contributed by atoms with Gasteiger partial charge in [0, 0.05) is 13.1 Å². The molecule has 3 heteroatoms. The lowest BCUT2D eigenvalue weighted by atomic mass is 10.1. The fraction of sp³-hybridized carbons (Fsp3) is 0.571. The second-order valence-corrected chi connectivity index (χ2v) is 11.4. The molecule has 0 unspecified atom stereocenters. The molecule has 0 aromatic heterocycles. The summed E-state index contributed by atoms with van der Waals surface area (Å²) in [5, 5.41) is 14.3. The lowest BCUT2D eigenvalue weighted by Crippen LogP contribution is -2.37. The molecule has 0 saturated heterocycles. The van der Waals surface area contributed by atoms with Crippen LogP contribution < -0.4 is 10.5 Å². The number of benzene rings is 1. The van der Waals surface area contributed by atoms with E-state index in [0.29, 0.717) is 6.54 Å². The van der Waals surface area contributed by atoms with Crippen LogP contribution in [0.25, 0.3) is 0 Å². The van der Waals surface area contributed by atoms with Crippen molar-refractivity contribution in [2.24, 2.45) is 0 Å². The minimum absolute atomic E-state index is 0.614. The maximum atomic E-state index is 9.59. The van der Waals surface area contributed by atoms with Crippen molar-refractivity contribution in [1.29, 1.82) is 0 Å². The van der Waals surface area contributed by atoms with Crippen molar-refractivity contribution in [3.63, 3.8) is 0 Å². The molecule has 0 saturated carbocycles. The van der Waals surface area contributed by atoms with Crippen LogP contribution in [0.3, 0.4) is 0 Å². The van der Waals surface area contributed by atoms with Crippen LogP contribution in [0, 0.1) is 0 Å². The monoisotopic (exact) mass is 251 g/mol. The van der Waals surface area contributed by atoms with E-state index in [9.17, 15) is 5.11 Å². The zero-order chi connectivity index (χ0) is 13.1. The first kappa shape index (κ1) is 14.4. The molecule has 0 aliphatic rings. The molecule has 0 spiro atoms. The van der Waals surface area contributed by atoms with Gasteiger partial charge in [0.1, 0.15) is 0 Å². The first-order chi connectivity index (χ1) is 7.68. The molecule has 0 aliphatic carbocycles. The molecule has 0 atom stereocenters. The second-order valence-electron chi connectivity index (χ2n) is 6.36. The number of hydrogen-bond donors (Lipinski definition) is 2. The SMILES string of the molecule is CC(C)(O)CNCc1ccc([Si](C)(C)C)cc1. The van der Waals surface area contributed by atoms with Gasteiger partial charge in [-0.2, -0.15) is 0 Å². The third kappa shape index (κ3) is 5.48. The summed E-state index contributed by atoms with van der Waals surface area (Å²) in [4.78, 5) is 0. The average Bonchev–Trinajstić information content (AvgIpc) is 2.15. The summed E-state index contributed by atoms with van der Waals surface area (Å²) in [6.45, 7) is 12.1. The third-order valence-electron chi connectivity index (χ3n) is 2.71. The number of hydrogen-bond acceptors (Lipinski definition) is 2. The van der Waals surface area contributed by atoms with Gasteiger partial charge in [-0.3, -0.25) is 0 Å². The van der Waals surface area contributed by atoms with Crippen LogP contribution >= 0.6 is 0 Å². The highest BCUT2D eigenvalue weighted by molar-refractivity contribution is 6.88. The molecule has 0 aliphatic heterocycles. The van der Waals surface area contributed by atoms with Crippen molar-refractivity contribution in [3.05, 3.63) is 29.8 Å². The van der Waals surface area contributed by atoms with E-state index in [-0.39, 0.29) is 0 Å². The first-order valence-electron chi connectivity index (χ1n) is 6.21. The summed E-state index contributed by atoms with van der Waals surface area (Å²) in [5.74, 6) is 0. The smallest absolute Gasteiger partial charge is 0.0775 e. The minimum atomic E-state index is -1.18. The quantitative estimate of drug-likeness (QED) is 0.786. The third-order valence-corrected chi connectivity index (χ3v) is 4.77. The van der Waals surface area contributed by atoms with Gasteiger partial charge in [0.05, 0.1) is 13.7 Å². The Morgan fingerprint density at radius 3 is 2.06 bits per heavy atom. The zero-order valence-electron chi connectivity index (χ0n) is 11.7. The molecular weight excluding hydrogens is 226 g/mol. The average molecular weight is 251 g/mol. The Kier molecular flexibility index (Phi) is 4.53. The molecule has 2 nitrogen and oxygen atoms in total. The summed E-state index contributed by atoms with van der Waals surface area (Å²) < 4.78 is 0. The molecule has 2 N–H and O–H groups in total. The summed E-state index contributed by atoms with van der Waals surface area (Å²) in [6, 6.07) is 8.86. The van der Waals surface area contributed by atoms with Crippen molar-refractivity contribution >= 4 is 13.3 Å². The maximum Gasteiger partial charge on any atom is 0.0775 e. The van der Waals surface area contributed by atoms with Crippen molar-refractivity contribution < 1.29 is 5.11 Å². The highest BCUT2D eigenvalue weighted by Crippen LogP contribution is 2.05. The second kappa shape index (κ2) is 5.34. The Morgan fingerprint density at radius 2 is 1.65 bits per heavy atom. The van der Waals surface area contributed by atoms with Crippen LogP contribution in [-0.4, -0.2) is 25.3 Å². The van der Waals surface area contributed by atoms with Crippen LogP contribution in [0.15, 0.2) is 24.3 Å². The van der Waals surface area contributed by atoms with Crippen LogP contribution in [0.2, 0.25) is 19.6 Å². The van der Waals surface area contributed by atoms with E-state index >= 15 is 0 Å². The predicted molar refractivity (Wildman–Crippen MR) is 77.4 cm³/mol. The Balaban J connectivity index is 2.52. The summed E-state index contributed by atoms with van der Waals surface area (Å²) >= 11 is 0. The Labute approximate surface area is 106 Å². The van der Waals surface area contributed by atoms with E-state index in [4.69, 9.17) is 0 Å². The number of nitrogens with one attached hydrogen (secondary N) is 1. The molecule has 0 bridgehead atoms. The minimum Gasteiger partial charge on any atom is -0.389 e. The molecule has 96 valence electrons. The van der Waals surface area contributed by atoms with E-state index in [2.05, 4.69) is 49.2 Å². The van der Waals surface area contributed by atoms with Crippen molar-refractivity contribution in [3.8, 4) is 0 Å². The first-order valence-corrected chi connectivity index (χ1v) is 9.71. The predicted octanol–water partition coefficient (Wildman–Crippen LogP) is 2.09. The highest BCUT2D eigenvalue weighted by Gasteiger charge is 2.15. The van der Waals surface area contributed by atoms with Gasteiger partial charge in [0.15, 0.2) is 0 Å². The molecule has 1 aromatic carbocycles. The number of aliphatic hydroxyl groups is 1. The lowest BCUT2D eigenvalue weighted by molar-refractivity contribution is 0.0795. The van der Waals surface area contributed by atoms with Gasteiger partial charge in [0.25, 0.3) is 0 Å². The van der Waals surface area contributed by atoms with Crippen LogP contribution in [-0.2, 0) is 6.54 Å². The van der Waals surface area contributed by atoms with E-state index in [1.54, 1.807) is 0 Å². The van der Waals surface area contributed by atoms with Gasteiger partial charge < -0.3 is 10.4 Å². The molecule has 0 heterocycles. The molecule has 0 amide bonds. The van der Waals surface area contributed by atoms with Crippen molar-refractivity contribution in [2.75, 3.05) is 6.54 Å². The topological polar surface area (TPSA) is 32.3 Å². The van der Waals surface area contributed by atoms with Gasteiger partial charge in [0.2, 0.25) is 0 Å². The zero-order valence-corrected chi connectivity index (χ0v) is 12.7. The molecule has 0 fully saturated rings. The highest BCUT2D eigenvalue weighted by atomic mass is 28.3. The maximum absolute atomic E-state index is 9.59. The number of rotatable bonds is 5. The van der Waals surface area contributed by atoms with Gasteiger partial charge >= 0.3 is 0 Å². The fourth-order valence-electron chi connectivity index (χ4n) is 1.64. The molecule has 1 aromatic rings. The Morgan fingerprint density at radius 1 is 1.12 bits per heavy atom. The van der Waals surface area contributed by atoms with Gasteiger partial charge in [-0.25, -0.2) is 0 Å². The molecule has 0 radical (unpaired) electrons. The van der Waals surface area contributed by atoms with E-state index < -0.39 is 13.7 Å². The van der Waals surface area contributed by atoms with Gasteiger partial charge in [-0.15, -0.1) is 0 Å². The molecule has 1 rings (SSSR count). The van der Waals surface area contributed by atoms with Crippen LogP contribution in [0.5, 0.6) is 0 Å². The van der Waals surface area contributed by atoms with E-state index in [0.717, 1.165) is 6.54 Å². The Bertz CT molecular complexity index is 346. The lowest BCUT2D eigenvalue weighted by Gasteiger charge is -2.19. The van der Waals surface area contributed by atoms with Crippen molar-refractivity contribution in [1.82, 2.24) is 5.32 Å². The summed E-state index contributed by atoms with van der Waals surface area (Å²) in [6.07, 6.45) is 0. The Hall–Kier alpha value is -0.643. The van der Waals surface area contributed by atoms with E-state index in [1.807, 2.05) is 13.8 Å². The van der Waals surface area contributed by atoms with Crippen LogP contribution in [0.4, 0.5) is 0 Å². The largest absolute Gasteiger partial charge is 0.389 e. The summed E-state index contributed by atoms with van der Waals surface area (Å²) in [7, 11) is -1.18. The molecular formula is C14H25NOSi. The fourth-order valence-corrected chi connectivity index (χ4v) is 2.80. The van der Waals surface area contributed by atoms with Crippen LogP contribution in [0.1, 0.15) is 19.4 Å². The van der Waals surface area contributed by atoms with E-state index in [1.165, 1.54) is 10.8 Å². The normalized spacial score (nSPS) is 12.8. The summed E-state index contributed by atoms with van der Waals surface area (Å²) in [5.41, 5.74) is 0.634. The van der Waals surface area contributed by atoms with Crippen molar-refractivity contribution in [2.45, 2.75) is 45.6 Å². The van der Waals surface area contributed by atoms with Gasteiger partial charge in [-0.1, -0.05) is 49.1 Å². The molecule has 17 heavy (non-hydrogen) atoms.